The first-order valence-corrected chi connectivity index (χ1v) is 5.81. The number of non-ortho nitro benzene ring substituents is 1. The molecule has 0 spiro atoms. The van der Waals surface area contributed by atoms with Crippen LogP contribution in [0.15, 0.2) is 30.5 Å². The van der Waals surface area contributed by atoms with Crippen LogP contribution in [-0.2, 0) is 9.53 Å². The number of pyridine rings is 1. The molecule has 1 heterocycles. The van der Waals surface area contributed by atoms with Crippen molar-refractivity contribution in [3.63, 3.8) is 0 Å². The molecule has 0 N–H and O–H groups in total. The number of esters is 1. The fourth-order valence-electron chi connectivity index (χ4n) is 1.79. The monoisotopic (exact) mass is 276 g/mol. The summed E-state index contributed by atoms with van der Waals surface area (Å²) in [6, 6.07) is 6.03. The summed E-state index contributed by atoms with van der Waals surface area (Å²) < 4.78 is 10.0. The number of aromatic nitrogens is 1. The van der Waals surface area contributed by atoms with Crippen LogP contribution in [-0.4, -0.2) is 29.1 Å². The number of benzene rings is 1. The second-order valence-electron chi connectivity index (χ2n) is 4.02. The highest BCUT2D eigenvalue weighted by molar-refractivity contribution is 5.92. The maximum absolute atomic E-state index is 11.4. The van der Waals surface area contributed by atoms with E-state index < -0.39 is 17.0 Å². The van der Waals surface area contributed by atoms with Gasteiger partial charge in [-0.2, -0.15) is 0 Å². The largest absolute Gasteiger partial charge is 0.478 e. The third-order valence-corrected chi connectivity index (χ3v) is 2.74. The maximum atomic E-state index is 11.4. The van der Waals surface area contributed by atoms with Gasteiger partial charge in [0.2, 0.25) is 0 Å². The zero-order valence-electron chi connectivity index (χ0n) is 10.9. The number of hydrogen-bond donors (Lipinski definition) is 0. The summed E-state index contributed by atoms with van der Waals surface area (Å²) in [5, 5.41) is 11.4. The number of nitrogens with zero attached hydrogens (tertiary/aromatic N) is 2. The van der Waals surface area contributed by atoms with E-state index in [2.05, 4.69) is 9.72 Å². The van der Waals surface area contributed by atoms with E-state index >= 15 is 0 Å². The first-order chi connectivity index (χ1) is 9.54. The highest BCUT2D eigenvalue weighted by Gasteiger charge is 2.20. The molecule has 0 radical (unpaired) electrons. The van der Waals surface area contributed by atoms with Crippen molar-refractivity contribution >= 4 is 22.6 Å². The van der Waals surface area contributed by atoms with Crippen LogP contribution in [0.3, 0.4) is 0 Å². The predicted octanol–water partition coefficient (Wildman–Crippen LogP) is 2.08. The van der Waals surface area contributed by atoms with Crippen molar-refractivity contribution in [1.29, 1.82) is 0 Å². The number of rotatable bonds is 4. The summed E-state index contributed by atoms with van der Waals surface area (Å²) in [5.74, 6) is -0.183. The minimum absolute atomic E-state index is 0.112. The Morgan fingerprint density at radius 3 is 2.80 bits per heavy atom. The van der Waals surface area contributed by atoms with E-state index in [1.165, 1.54) is 32.4 Å². The average molecular weight is 276 g/mol. The Bertz CT molecular complexity index is 671. The number of hydrogen-bond acceptors (Lipinski definition) is 6. The summed E-state index contributed by atoms with van der Waals surface area (Å²) in [5.41, 5.74) is 0.103. The smallest absolute Gasteiger partial charge is 0.346 e. The molecule has 2 rings (SSSR count). The van der Waals surface area contributed by atoms with E-state index in [9.17, 15) is 14.9 Å². The van der Waals surface area contributed by atoms with E-state index in [1.807, 2.05) is 0 Å². The van der Waals surface area contributed by atoms with Crippen molar-refractivity contribution in [1.82, 2.24) is 4.98 Å². The lowest BCUT2D eigenvalue weighted by Gasteiger charge is -2.13. The van der Waals surface area contributed by atoms with E-state index in [0.29, 0.717) is 11.1 Å². The molecule has 1 unspecified atom stereocenters. The van der Waals surface area contributed by atoms with Gasteiger partial charge in [-0.3, -0.25) is 10.1 Å². The number of nitro groups is 1. The molecule has 2 aromatic rings. The Morgan fingerprint density at radius 2 is 2.15 bits per heavy atom. The first-order valence-electron chi connectivity index (χ1n) is 5.81. The summed E-state index contributed by atoms with van der Waals surface area (Å²) in [4.78, 5) is 25.8. The van der Waals surface area contributed by atoms with Crippen LogP contribution < -0.4 is 4.74 Å². The Labute approximate surface area is 114 Å². The molecule has 0 fully saturated rings. The van der Waals surface area contributed by atoms with Gasteiger partial charge in [-0.25, -0.2) is 9.78 Å². The van der Waals surface area contributed by atoms with E-state index in [1.54, 1.807) is 12.1 Å². The lowest BCUT2D eigenvalue weighted by atomic mass is 10.1. The number of methoxy groups -OCH3 is 1. The first kappa shape index (κ1) is 13.7. The second-order valence-corrected chi connectivity index (χ2v) is 4.02. The molecule has 0 aliphatic carbocycles. The number of nitro benzene ring substituents is 1. The van der Waals surface area contributed by atoms with E-state index in [4.69, 9.17) is 4.74 Å². The standard InChI is InChI=1S/C13H12N2O5/c1-8(13(16)19-2)20-11-6-5-10(15(17)18)12-9(11)4-3-7-14-12/h3-8H,1-2H3. The zero-order chi connectivity index (χ0) is 14.7. The Kier molecular flexibility index (Phi) is 3.79. The minimum atomic E-state index is -0.815. The molecule has 7 nitrogen and oxygen atoms in total. The van der Waals surface area contributed by atoms with Crippen LogP contribution in [0.5, 0.6) is 5.75 Å². The van der Waals surface area contributed by atoms with Crippen molar-refractivity contribution in [3.05, 3.63) is 40.6 Å². The van der Waals surface area contributed by atoms with Crippen LogP contribution >= 0.6 is 0 Å². The Balaban J connectivity index is 2.48. The molecular weight excluding hydrogens is 264 g/mol. The zero-order valence-corrected chi connectivity index (χ0v) is 10.9. The maximum Gasteiger partial charge on any atom is 0.346 e. The molecule has 1 aromatic heterocycles. The highest BCUT2D eigenvalue weighted by atomic mass is 16.6. The molecule has 0 saturated heterocycles. The third kappa shape index (κ3) is 2.51. The summed E-state index contributed by atoms with van der Waals surface area (Å²) in [6.45, 7) is 1.54. The fraction of sp³-hybridized carbons (Fsp3) is 0.231. The lowest BCUT2D eigenvalue weighted by Crippen LogP contribution is -2.25. The van der Waals surface area contributed by atoms with Gasteiger partial charge < -0.3 is 9.47 Å². The predicted molar refractivity (Wildman–Crippen MR) is 70.5 cm³/mol. The van der Waals surface area contributed by atoms with Crippen LogP contribution in [0.2, 0.25) is 0 Å². The van der Waals surface area contributed by atoms with Crippen molar-refractivity contribution in [2.45, 2.75) is 13.0 Å². The van der Waals surface area contributed by atoms with Gasteiger partial charge in [0, 0.05) is 17.6 Å². The lowest BCUT2D eigenvalue weighted by molar-refractivity contribution is -0.383. The summed E-state index contributed by atoms with van der Waals surface area (Å²) in [7, 11) is 1.26. The van der Waals surface area contributed by atoms with Gasteiger partial charge in [0.05, 0.1) is 12.0 Å². The van der Waals surface area contributed by atoms with Crippen LogP contribution in [0, 0.1) is 10.1 Å². The number of carbonyl (C=O) groups is 1. The summed E-state index contributed by atoms with van der Waals surface area (Å²) >= 11 is 0. The molecule has 0 aliphatic heterocycles. The molecule has 0 amide bonds. The molecule has 20 heavy (non-hydrogen) atoms. The van der Waals surface area contributed by atoms with Gasteiger partial charge in [0.1, 0.15) is 5.75 Å². The van der Waals surface area contributed by atoms with Crippen molar-refractivity contribution in [2.75, 3.05) is 7.11 Å². The topological polar surface area (TPSA) is 91.6 Å². The quantitative estimate of drug-likeness (QED) is 0.482. The highest BCUT2D eigenvalue weighted by Crippen LogP contribution is 2.31. The van der Waals surface area contributed by atoms with Gasteiger partial charge in [0.15, 0.2) is 11.6 Å². The normalized spacial score (nSPS) is 11.9. The SMILES string of the molecule is COC(=O)C(C)Oc1ccc([N+](=O)[O-])c2ncccc12. The van der Waals surface area contributed by atoms with Gasteiger partial charge in [-0.05, 0) is 25.1 Å². The van der Waals surface area contributed by atoms with Crippen molar-refractivity contribution in [3.8, 4) is 5.75 Å². The number of fused-ring (bicyclic) bond motifs is 1. The molecular formula is C13H12N2O5. The van der Waals surface area contributed by atoms with Gasteiger partial charge in [-0.15, -0.1) is 0 Å². The Hall–Kier alpha value is -2.70. The van der Waals surface area contributed by atoms with E-state index in [-0.39, 0.29) is 11.2 Å². The average Bonchev–Trinajstić information content (AvgIpc) is 2.46. The fourth-order valence-corrected chi connectivity index (χ4v) is 1.79. The number of carbonyl (C=O) groups excluding carboxylic acids is 1. The van der Waals surface area contributed by atoms with Crippen LogP contribution in [0.1, 0.15) is 6.92 Å². The van der Waals surface area contributed by atoms with E-state index in [0.717, 1.165) is 0 Å². The molecule has 1 aromatic carbocycles. The van der Waals surface area contributed by atoms with Crippen LogP contribution in [0.4, 0.5) is 5.69 Å². The molecule has 0 aliphatic rings. The Morgan fingerprint density at radius 1 is 1.40 bits per heavy atom. The van der Waals surface area contributed by atoms with Crippen molar-refractivity contribution in [2.24, 2.45) is 0 Å². The summed E-state index contributed by atoms with van der Waals surface area (Å²) in [6.07, 6.45) is 0.646. The molecule has 0 saturated carbocycles. The third-order valence-electron chi connectivity index (χ3n) is 2.74. The van der Waals surface area contributed by atoms with Gasteiger partial charge in [-0.1, -0.05) is 0 Å². The van der Waals surface area contributed by atoms with Crippen LogP contribution in [0.25, 0.3) is 10.9 Å². The van der Waals surface area contributed by atoms with Crippen molar-refractivity contribution < 1.29 is 19.2 Å². The number of ether oxygens (including phenoxy) is 2. The molecule has 7 heteroatoms. The van der Waals surface area contributed by atoms with Gasteiger partial charge in [0.25, 0.3) is 5.69 Å². The molecule has 104 valence electrons. The minimum Gasteiger partial charge on any atom is -0.478 e. The molecule has 1 atom stereocenters. The second kappa shape index (κ2) is 5.52. The molecule has 0 bridgehead atoms. The van der Waals surface area contributed by atoms with Gasteiger partial charge >= 0.3 is 5.97 Å².